The number of aliphatic hydroxyl groups excluding tert-OH is 1. The summed E-state index contributed by atoms with van der Waals surface area (Å²) < 4.78 is 56.9. The van der Waals surface area contributed by atoms with Crippen molar-refractivity contribution in [3.63, 3.8) is 0 Å². The molecule has 0 bridgehead atoms. The predicted molar refractivity (Wildman–Crippen MR) is 254 cm³/mol. The Morgan fingerprint density at radius 3 is 1.13 bits per heavy atom. The van der Waals surface area contributed by atoms with Gasteiger partial charge in [-0.15, -0.1) is 0 Å². The summed E-state index contributed by atoms with van der Waals surface area (Å²) >= 11 is 0. The number of hydrogen-bond donors (Lipinski definition) is 3. The number of hydrogen-bond acceptors (Lipinski definition) is 16. The van der Waals surface area contributed by atoms with Crippen LogP contribution in [0.2, 0.25) is 0 Å². The fourth-order valence-corrected chi connectivity index (χ4v) is 4.66. The minimum Gasteiger partial charge on any atom is -0.463 e. The van der Waals surface area contributed by atoms with Crippen molar-refractivity contribution in [2.45, 2.75) is 172 Å². The van der Waals surface area contributed by atoms with E-state index in [0.29, 0.717) is 65.0 Å². The minimum absolute atomic E-state index is 0.0778. The molecule has 0 fully saturated rings. The molecule has 9 atom stereocenters. The molecule has 0 aromatic heterocycles. The van der Waals surface area contributed by atoms with Crippen LogP contribution in [-0.2, 0) is 66.5 Å². The van der Waals surface area contributed by atoms with Gasteiger partial charge in [0.1, 0.15) is 13.2 Å². The average Bonchev–Trinajstić information content (AvgIpc) is 3.29. The molecule has 0 aliphatic rings. The SMILES string of the molecule is CCC(C)(C)C(=O)OCC(C)OCC(C)OCC(C)OCC(C)OCC(C)OCC(C)OCC(C)OCC(C)OCC(C)O.CCC(C)(C)C(=O)OCCNC(=O)Nc1ccccc1.O=C=O. The molecule has 3 N–H and O–H groups in total. The highest BCUT2D eigenvalue weighted by molar-refractivity contribution is 5.89. The molecule has 0 saturated carbocycles. The normalized spacial score (nSPS) is 15.5. The Morgan fingerprint density at radius 1 is 0.522 bits per heavy atom. The molecule has 0 heterocycles. The van der Waals surface area contributed by atoms with E-state index < -0.39 is 16.9 Å². The number of nitrogens with one attached hydrogen (secondary N) is 2. The summed E-state index contributed by atoms with van der Waals surface area (Å²) in [5.74, 6) is -0.452. The second kappa shape index (κ2) is 38.3. The summed E-state index contributed by atoms with van der Waals surface area (Å²) in [6, 6.07) is 8.82. The maximum atomic E-state index is 12.1. The third-order valence-electron chi connectivity index (χ3n) is 9.90. The molecule has 9 unspecified atom stereocenters. The molecule has 0 radical (unpaired) electrons. The van der Waals surface area contributed by atoms with Crippen LogP contribution in [0.3, 0.4) is 0 Å². The number of aliphatic hydroxyl groups is 1. The lowest BCUT2D eigenvalue weighted by Gasteiger charge is -2.23. The van der Waals surface area contributed by atoms with E-state index in [1.807, 2.05) is 115 Å². The number of urea groups is 1. The number of anilines is 1. The molecule has 0 saturated heterocycles. The van der Waals surface area contributed by atoms with Gasteiger partial charge < -0.3 is 63.1 Å². The summed E-state index contributed by atoms with van der Waals surface area (Å²) in [4.78, 5) is 51.6. The molecule has 0 spiro atoms. The van der Waals surface area contributed by atoms with Crippen molar-refractivity contribution < 1.29 is 76.4 Å². The Morgan fingerprint density at radius 2 is 0.821 bits per heavy atom. The zero-order chi connectivity index (χ0) is 51.4. The summed E-state index contributed by atoms with van der Waals surface area (Å²) in [6.45, 7) is 32.6. The second-order valence-electron chi connectivity index (χ2n) is 18.0. The lowest BCUT2D eigenvalue weighted by Crippen LogP contribution is -2.33. The van der Waals surface area contributed by atoms with Crippen LogP contribution in [0.25, 0.3) is 0 Å². The van der Waals surface area contributed by atoms with E-state index in [1.54, 1.807) is 19.1 Å². The summed E-state index contributed by atoms with van der Waals surface area (Å²) in [6.07, 6.45) is 0.337. The number of amides is 2. The standard InChI is InChI=1S/C33H66O11.C15H22N2O3.CO2/c1-13-33(11,12)32(35)44-22-31(10)43-21-30(9)42-20-29(8)41-19-28(7)40-18-27(6)39-17-26(5)38-16-25(4)37-15-24(3)36-14-23(2)34;1-4-15(2,3)13(18)20-11-10-16-14(19)17-12-8-6-5-7-9-12;2-1-3/h23-31,34H,13-22H2,1-12H3;5-9H,4,10-11H2,1-3H3,(H2,16,17,19);. The van der Waals surface area contributed by atoms with Crippen LogP contribution in [-0.4, -0.2) is 157 Å². The molecule has 2 amide bonds. The Kier molecular flexibility index (Phi) is 37.5. The molecule has 0 aliphatic carbocycles. The van der Waals surface area contributed by atoms with Crippen molar-refractivity contribution in [2.24, 2.45) is 10.8 Å². The van der Waals surface area contributed by atoms with Crippen molar-refractivity contribution in [1.29, 1.82) is 0 Å². The highest BCUT2D eigenvalue weighted by Crippen LogP contribution is 2.22. The largest absolute Gasteiger partial charge is 0.463 e. The number of benzene rings is 1. The van der Waals surface area contributed by atoms with E-state index in [1.165, 1.54) is 0 Å². The zero-order valence-electron chi connectivity index (χ0n) is 43.3. The van der Waals surface area contributed by atoms with Gasteiger partial charge in [0.25, 0.3) is 0 Å². The van der Waals surface area contributed by atoms with Crippen LogP contribution in [0.15, 0.2) is 30.3 Å². The monoisotopic (exact) mass is 961 g/mol. The van der Waals surface area contributed by atoms with Crippen LogP contribution in [0, 0.1) is 10.8 Å². The maximum absolute atomic E-state index is 12.1. The topological polar surface area (TPSA) is 222 Å². The van der Waals surface area contributed by atoms with E-state index in [-0.39, 0.29) is 92.7 Å². The Bertz CT molecular complexity index is 1440. The first kappa shape index (κ1) is 65.5. The van der Waals surface area contributed by atoms with Gasteiger partial charge in [-0.05, 0) is 115 Å². The molecule has 1 aromatic carbocycles. The van der Waals surface area contributed by atoms with Gasteiger partial charge in [-0.25, -0.2) is 4.79 Å². The highest BCUT2D eigenvalue weighted by Gasteiger charge is 2.28. The molecule has 0 aliphatic heterocycles. The smallest absolute Gasteiger partial charge is 0.373 e. The fraction of sp³-hybridized carbons (Fsp3) is 0.796. The molecular weight excluding hydrogens is 873 g/mol. The second-order valence-corrected chi connectivity index (χ2v) is 18.0. The van der Waals surface area contributed by atoms with E-state index >= 15 is 0 Å². The lowest BCUT2D eigenvalue weighted by molar-refractivity contribution is -0.191. The molecular formula is C49H88N2O16. The summed E-state index contributed by atoms with van der Waals surface area (Å²) in [5, 5.41) is 14.6. The number of para-hydroxylation sites is 1. The third kappa shape index (κ3) is 37.1. The van der Waals surface area contributed by atoms with Crippen molar-refractivity contribution >= 4 is 29.8 Å². The van der Waals surface area contributed by atoms with Gasteiger partial charge >= 0.3 is 24.1 Å². The molecule has 18 nitrogen and oxygen atoms in total. The van der Waals surface area contributed by atoms with Gasteiger partial charge in [0.15, 0.2) is 0 Å². The predicted octanol–water partition coefficient (Wildman–Crippen LogP) is 6.79. The highest BCUT2D eigenvalue weighted by atomic mass is 16.6. The average molecular weight is 961 g/mol. The van der Waals surface area contributed by atoms with E-state index in [4.69, 9.17) is 57.0 Å². The Hall–Kier alpha value is -3.55. The molecule has 390 valence electrons. The zero-order valence-corrected chi connectivity index (χ0v) is 43.3. The van der Waals surface area contributed by atoms with E-state index in [2.05, 4.69) is 10.6 Å². The fourth-order valence-electron chi connectivity index (χ4n) is 4.66. The number of ether oxygens (including phenoxy) is 10. The summed E-state index contributed by atoms with van der Waals surface area (Å²) in [5.41, 5.74) is -0.247. The van der Waals surface area contributed by atoms with Crippen LogP contribution >= 0.6 is 0 Å². The van der Waals surface area contributed by atoms with Crippen molar-refractivity contribution in [3.05, 3.63) is 30.3 Å². The first-order valence-corrected chi connectivity index (χ1v) is 23.5. The first-order chi connectivity index (χ1) is 31.4. The molecule has 1 aromatic rings. The number of carbonyl (C=O) groups excluding carboxylic acids is 5. The van der Waals surface area contributed by atoms with Gasteiger partial charge in [-0.3, -0.25) is 9.59 Å². The number of rotatable bonds is 34. The lowest BCUT2D eigenvalue weighted by atomic mass is 9.91. The molecule has 18 heteroatoms. The van der Waals surface area contributed by atoms with Gasteiger partial charge in [0.05, 0.1) is 125 Å². The maximum Gasteiger partial charge on any atom is 0.373 e. The number of esters is 2. The first-order valence-electron chi connectivity index (χ1n) is 23.5. The van der Waals surface area contributed by atoms with Gasteiger partial charge in [-0.1, -0.05) is 32.0 Å². The van der Waals surface area contributed by atoms with Crippen LogP contribution < -0.4 is 10.6 Å². The van der Waals surface area contributed by atoms with Gasteiger partial charge in [0, 0.05) is 5.69 Å². The minimum atomic E-state index is -0.487. The van der Waals surface area contributed by atoms with Gasteiger partial charge in [-0.2, -0.15) is 9.59 Å². The van der Waals surface area contributed by atoms with Crippen molar-refractivity contribution in [2.75, 3.05) is 77.9 Å². The molecule has 1 rings (SSSR count). The van der Waals surface area contributed by atoms with E-state index in [9.17, 15) is 19.5 Å². The quantitative estimate of drug-likeness (QED) is 0.0478. The third-order valence-corrected chi connectivity index (χ3v) is 9.90. The van der Waals surface area contributed by atoms with Crippen LogP contribution in [0.4, 0.5) is 10.5 Å². The van der Waals surface area contributed by atoms with Crippen LogP contribution in [0.1, 0.15) is 117 Å². The number of carbonyl (C=O) groups is 3. The van der Waals surface area contributed by atoms with Crippen molar-refractivity contribution in [1.82, 2.24) is 5.32 Å². The Labute approximate surface area is 401 Å². The van der Waals surface area contributed by atoms with Crippen molar-refractivity contribution in [3.8, 4) is 0 Å². The van der Waals surface area contributed by atoms with Gasteiger partial charge in [0.2, 0.25) is 0 Å². The molecule has 67 heavy (non-hydrogen) atoms. The van der Waals surface area contributed by atoms with E-state index in [0.717, 1.165) is 6.42 Å². The Balaban J connectivity index is 0. The van der Waals surface area contributed by atoms with Crippen LogP contribution in [0.5, 0.6) is 0 Å². The summed E-state index contributed by atoms with van der Waals surface area (Å²) in [7, 11) is 0.